The van der Waals surface area contributed by atoms with Crippen LogP contribution in [0, 0.1) is 11.3 Å². The lowest BCUT2D eigenvalue weighted by atomic mass is 10.1. The molecule has 0 unspecified atom stereocenters. The Hall–Kier alpha value is -2.78. The second-order valence-electron chi connectivity index (χ2n) is 5.90. The third-order valence-corrected chi connectivity index (χ3v) is 5.06. The fraction of sp³-hybridized carbons (Fsp3) is 0.250. The Kier molecular flexibility index (Phi) is 5.92. The number of hydrogen-bond donors (Lipinski definition) is 1. The normalized spacial score (nSPS) is 12.1. The molecule has 1 aliphatic carbocycles. The van der Waals surface area contributed by atoms with E-state index < -0.39 is 11.9 Å². The van der Waals surface area contributed by atoms with Gasteiger partial charge < -0.3 is 10.1 Å². The quantitative estimate of drug-likeness (QED) is 0.624. The van der Waals surface area contributed by atoms with Gasteiger partial charge in [-0.1, -0.05) is 18.2 Å². The van der Waals surface area contributed by atoms with Gasteiger partial charge in [0.15, 0.2) is 6.61 Å². The minimum absolute atomic E-state index is 0.292. The van der Waals surface area contributed by atoms with Crippen molar-refractivity contribution in [1.82, 2.24) is 0 Å². The number of carbonyl (C=O) groups excluding carboxylic acids is 2. The first-order chi connectivity index (χ1) is 12.7. The van der Waals surface area contributed by atoms with Crippen molar-refractivity contribution >= 4 is 29.3 Å². The predicted molar refractivity (Wildman–Crippen MR) is 100 cm³/mol. The van der Waals surface area contributed by atoms with Gasteiger partial charge in [-0.3, -0.25) is 4.79 Å². The number of thioether (sulfide) groups is 1. The summed E-state index contributed by atoms with van der Waals surface area (Å²) < 4.78 is 5.13. The Balaban J connectivity index is 1.56. The standard InChI is InChI=1S/C20H18N2O3S/c21-10-11-26-18-7-2-1-6-17(18)22-19(23)13-25-20(24)16-9-8-14-4-3-5-15(14)12-16/h1-2,6-9,12H,3-5,11,13H2,(H,22,23). The summed E-state index contributed by atoms with van der Waals surface area (Å²) in [4.78, 5) is 25.1. The number of fused-ring (bicyclic) bond motifs is 1. The monoisotopic (exact) mass is 366 g/mol. The average molecular weight is 366 g/mol. The maximum atomic E-state index is 12.2. The summed E-state index contributed by atoms with van der Waals surface area (Å²) in [5.41, 5.74) is 3.55. The molecule has 0 heterocycles. The van der Waals surface area contributed by atoms with Crippen LogP contribution in [0.5, 0.6) is 0 Å². The van der Waals surface area contributed by atoms with Crippen LogP contribution in [0.1, 0.15) is 27.9 Å². The summed E-state index contributed by atoms with van der Waals surface area (Å²) in [7, 11) is 0. The summed E-state index contributed by atoms with van der Waals surface area (Å²) in [6.45, 7) is -0.354. The molecule has 0 aromatic heterocycles. The topological polar surface area (TPSA) is 79.2 Å². The zero-order valence-corrected chi connectivity index (χ0v) is 15.0. The van der Waals surface area contributed by atoms with Crippen LogP contribution in [-0.4, -0.2) is 24.2 Å². The van der Waals surface area contributed by atoms with Crippen molar-refractivity contribution in [2.45, 2.75) is 24.2 Å². The molecule has 5 nitrogen and oxygen atoms in total. The van der Waals surface area contributed by atoms with Crippen LogP contribution >= 0.6 is 11.8 Å². The van der Waals surface area contributed by atoms with Crippen LogP contribution in [0.3, 0.4) is 0 Å². The second-order valence-corrected chi connectivity index (χ2v) is 6.92. The minimum atomic E-state index is -0.498. The van der Waals surface area contributed by atoms with Gasteiger partial charge in [0.25, 0.3) is 5.91 Å². The number of hydrogen-bond acceptors (Lipinski definition) is 5. The van der Waals surface area contributed by atoms with E-state index in [1.54, 1.807) is 18.2 Å². The van der Waals surface area contributed by atoms with E-state index in [-0.39, 0.29) is 6.61 Å². The molecule has 6 heteroatoms. The van der Waals surface area contributed by atoms with Crippen molar-refractivity contribution in [3.8, 4) is 6.07 Å². The molecule has 0 saturated carbocycles. The lowest BCUT2D eigenvalue weighted by Crippen LogP contribution is -2.21. The molecule has 0 fully saturated rings. The van der Waals surface area contributed by atoms with Crippen molar-refractivity contribution < 1.29 is 14.3 Å². The van der Waals surface area contributed by atoms with Crippen molar-refractivity contribution in [2.75, 3.05) is 17.7 Å². The summed E-state index contributed by atoms with van der Waals surface area (Å²) >= 11 is 1.34. The van der Waals surface area contributed by atoms with Gasteiger partial charge in [0, 0.05) is 4.90 Å². The molecule has 2 aromatic rings. The number of carbonyl (C=O) groups is 2. The molecule has 132 valence electrons. The van der Waals surface area contributed by atoms with E-state index in [0.29, 0.717) is 17.0 Å². The number of ether oxygens (including phenoxy) is 1. The van der Waals surface area contributed by atoms with Crippen LogP contribution in [0.25, 0.3) is 0 Å². The SMILES string of the molecule is N#CCSc1ccccc1NC(=O)COC(=O)c1ccc2c(c1)CCC2. The van der Waals surface area contributed by atoms with E-state index in [1.807, 2.05) is 24.3 Å². The number of para-hydroxylation sites is 1. The Morgan fingerprint density at radius 2 is 1.96 bits per heavy atom. The molecule has 1 N–H and O–H groups in total. The highest BCUT2D eigenvalue weighted by atomic mass is 32.2. The number of nitrogens with one attached hydrogen (secondary N) is 1. The van der Waals surface area contributed by atoms with Crippen LogP contribution in [-0.2, 0) is 22.4 Å². The smallest absolute Gasteiger partial charge is 0.338 e. The van der Waals surface area contributed by atoms with Crippen molar-refractivity contribution in [3.63, 3.8) is 0 Å². The summed E-state index contributed by atoms with van der Waals surface area (Å²) in [5.74, 6) is -0.619. The highest BCUT2D eigenvalue weighted by Crippen LogP contribution is 2.26. The van der Waals surface area contributed by atoms with Crippen LogP contribution < -0.4 is 5.32 Å². The summed E-state index contributed by atoms with van der Waals surface area (Å²) in [6.07, 6.45) is 3.14. The Labute approximate surface area is 156 Å². The molecule has 0 bridgehead atoms. The van der Waals surface area contributed by atoms with Gasteiger partial charge in [0.2, 0.25) is 0 Å². The number of benzene rings is 2. The molecular weight excluding hydrogens is 348 g/mol. The van der Waals surface area contributed by atoms with Crippen molar-refractivity contribution in [3.05, 3.63) is 59.2 Å². The van der Waals surface area contributed by atoms with Gasteiger partial charge in [0.1, 0.15) is 0 Å². The van der Waals surface area contributed by atoms with Gasteiger partial charge in [-0.2, -0.15) is 5.26 Å². The number of nitriles is 1. The van der Waals surface area contributed by atoms with Gasteiger partial charge in [-0.25, -0.2) is 4.79 Å². The average Bonchev–Trinajstić information content (AvgIpc) is 3.13. The molecule has 0 spiro atoms. The molecule has 0 atom stereocenters. The van der Waals surface area contributed by atoms with Crippen LogP contribution in [0.15, 0.2) is 47.4 Å². The molecule has 0 aliphatic heterocycles. The minimum Gasteiger partial charge on any atom is -0.452 e. The zero-order valence-electron chi connectivity index (χ0n) is 14.2. The van der Waals surface area contributed by atoms with Gasteiger partial charge in [-0.05, 0) is 54.7 Å². The fourth-order valence-electron chi connectivity index (χ4n) is 2.91. The number of nitrogens with zero attached hydrogens (tertiary/aromatic N) is 1. The lowest BCUT2D eigenvalue weighted by Gasteiger charge is -2.10. The molecule has 1 amide bonds. The molecule has 2 aromatic carbocycles. The number of amides is 1. The first-order valence-electron chi connectivity index (χ1n) is 8.35. The fourth-order valence-corrected chi connectivity index (χ4v) is 3.57. The molecule has 26 heavy (non-hydrogen) atoms. The van der Waals surface area contributed by atoms with E-state index in [4.69, 9.17) is 10.00 Å². The van der Waals surface area contributed by atoms with Gasteiger partial charge in [-0.15, -0.1) is 11.8 Å². The summed E-state index contributed by atoms with van der Waals surface area (Å²) in [6, 6.07) is 14.8. The highest BCUT2D eigenvalue weighted by molar-refractivity contribution is 7.99. The van der Waals surface area contributed by atoms with Crippen LogP contribution in [0.4, 0.5) is 5.69 Å². The first-order valence-corrected chi connectivity index (χ1v) is 9.33. The summed E-state index contributed by atoms with van der Waals surface area (Å²) in [5, 5.41) is 11.4. The lowest BCUT2D eigenvalue weighted by molar-refractivity contribution is -0.119. The Morgan fingerprint density at radius 3 is 2.81 bits per heavy atom. The third-order valence-electron chi connectivity index (χ3n) is 4.12. The maximum absolute atomic E-state index is 12.2. The molecule has 0 radical (unpaired) electrons. The first kappa shape index (κ1) is 18.0. The zero-order chi connectivity index (χ0) is 18.4. The van der Waals surface area contributed by atoms with E-state index in [1.165, 1.54) is 22.9 Å². The number of anilines is 1. The van der Waals surface area contributed by atoms with Crippen molar-refractivity contribution in [1.29, 1.82) is 5.26 Å². The van der Waals surface area contributed by atoms with Crippen molar-refractivity contribution in [2.24, 2.45) is 0 Å². The predicted octanol–water partition coefficient (Wildman–Crippen LogP) is 3.59. The highest BCUT2D eigenvalue weighted by Gasteiger charge is 2.16. The van der Waals surface area contributed by atoms with Gasteiger partial charge in [0.05, 0.1) is 23.1 Å². The third kappa shape index (κ3) is 4.44. The van der Waals surface area contributed by atoms with E-state index in [0.717, 1.165) is 24.2 Å². The van der Waals surface area contributed by atoms with E-state index in [9.17, 15) is 9.59 Å². The Morgan fingerprint density at radius 1 is 1.15 bits per heavy atom. The number of rotatable bonds is 6. The van der Waals surface area contributed by atoms with E-state index in [2.05, 4.69) is 11.4 Å². The van der Waals surface area contributed by atoms with Gasteiger partial charge >= 0.3 is 5.97 Å². The maximum Gasteiger partial charge on any atom is 0.338 e. The second kappa shape index (κ2) is 8.54. The van der Waals surface area contributed by atoms with E-state index >= 15 is 0 Å². The van der Waals surface area contributed by atoms with Crippen LogP contribution in [0.2, 0.25) is 0 Å². The molecular formula is C20H18N2O3S. The number of esters is 1. The molecule has 1 aliphatic rings. The largest absolute Gasteiger partial charge is 0.452 e. The Bertz CT molecular complexity index is 874. The number of aryl methyl sites for hydroxylation is 2. The molecule has 0 saturated heterocycles. The molecule has 3 rings (SSSR count).